The highest BCUT2D eigenvalue weighted by Crippen LogP contribution is 2.21. The molecule has 0 radical (unpaired) electrons. The maximum absolute atomic E-state index is 12.0. The fourth-order valence-electron chi connectivity index (χ4n) is 2.71. The molecule has 0 aliphatic carbocycles. The van der Waals surface area contributed by atoms with Gasteiger partial charge in [0.15, 0.2) is 0 Å². The zero-order valence-corrected chi connectivity index (χ0v) is 13.1. The summed E-state index contributed by atoms with van der Waals surface area (Å²) in [4.78, 5) is 16.8. The number of benzene rings is 1. The molecule has 1 atom stereocenters. The molecule has 1 aromatic rings. The number of carbonyl (C=O) groups is 1. The molecule has 110 valence electrons. The van der Waals surface area contributed by atoms with Crippen LogP contribution in [0.2, 0.25) is 5.02 Å². The van der Waals surface area contributed by atoms with Gasteiger partial charge in [0.25, 0.3) is 0 Å². The van der Waals surface area contributed by atoms with Gasteiger partial charge >= 0.3 is 0 Å². The van der Waals surface area contributed by atoms with E-state index in [9.17, 15) is 4.79 Å². The Labute approximate surface area is 126 Å². The number of halogens is 1. The Morgan fingerprint density at radius 1 is 1.15 bits per heavy atom. The Morgan fingerprint density at radius 2 is 1.70 bits per heavy atom. The van der Waals surface area contributed by atoms with E-state index in [4.69, 9.17) is 11.6 Å². The molecule has 0 amide bonds. The van der Waals surface area contributed by atoms with Crippen LogP contribution in [-0.4, -0.2) is 54.9 Å². The normalized spacial score (nSPS) is 18.9. The van der Waals surface area contributed by atoms with E-state index in [0.717, 1.165) is 44.8 Å². The SMILES string of the molecule is CCN1CCN(C[C@@H](C(C)=O)c2ccc(Cl)cc2)CC1. The molecular weight excluding hydrogens is 272 g/mol. The topological polar surface area (TPSA) is 23.6 Å². The maximum Gasteiger partial charge on any atom is 0.138 e. The molecule has 1 aliphatic heterocycles. The Hall–Kier alpha value is -0.900. The molecule has 3 nitrogen and oxygen atoms in total. The lowest BCUT2D eigenvalue weighted by atomic mass is 9.94. The first-order chi connectivity index (χ1) is 9.60. The minimum atomic E-state index is -0.0413. The molecule has 0 saturated carbocycles. The summed E-state index contributed by atoms with van der Waals surface area (Å²) in [6.45, 7) is 10.1. The predicted molar refractivity (Wildman–Crippen MR) is 83.4 cm³/mol. The van der Waals surface area contributed by atoms with Gasteiger partial charge in [-0.15, -0.1) is 0 Å². The molecule has 20 heavy (non-hydrogen) atoms. The van der Waals surface area contributed by atoms with Crippen LogP contribution in [0, 0.1) is 0 Å². The third kappa shape index (κ3) is 4.05. The molecule has 4 heteroatoms. The molecule has 0 unspecified atom stereocenters. The minimum absolute atomic E-state index is 0.0413. The standard InChI is InChI=1S/C16H23ClN2O/c1-3-18-8-10-19(11-9-18)12-16(13(2)20)14-4-6-15(17)7-5-14/h4-7,16H,3,8-12H2,1-2H3/t16-/m0/s1. The van der Waals surface area contributed by atoms with E-state index in [1.165, 1.54) is 0 Å². The van der Waals surface area contributed by atoms with E-state index < -0.39 is 0 Å². The average Bonchev–Trinajstić information content (AvgIpc) is 2.46. The molecule has 0 N–H and O–H groups in total. The monoisotopic (exact) mass is 294 g/mol. The van der Waals surface area contributed by atoms with Gasteiger partial charge in [0.05, 0.1) is 5.92 Å². The fraction of sp³-hybridized carbons (Fsp3) is 0.562. The van der Waals surface area contributed by atoms with Crippen LogP contribution in [0.15, 0.2) is 24.3 Å². The summed E-state index contributed by atoms with van der Waals surface area (Å²) in [6.07, 6.45) is 0. The highest BCUT2D eigenvalue weighted by atomic mass is 35.5. The third-order valence-corrected chi connectivity index (χ3v) is 4.37. The highest BCUT2D eigenvalue weighted by Gasteiger charge is 2.23. The lowest BCUT2D eigenvalue weighted by Gasteiger charge is -2.35. The van der Waals surface area contributed by atoms with Crippen molar-refractivity contribution < 1.29 is 4.79 Å². The molecule has 1 saturated heterocycles. The van der Waals surface area contributed by atoms with Gasteiger partial charge in [0.1, 0.15) is 5.78 Å². The van der Waals surface area contributed by atoms with Crippen LogP contribution in [0.1, 0.15) is 25.3 Å². The van der Waals surface area contributed by atoms with Crippen LogP contribution in [-0.2, 0) is 4.79 Å². The van der Waals surface area contributed by atoms with Crippen LogP contribution in [0.5, 0.6) is 0 Å². The Bertz CT molecular complexity index is 438. The first kappa shape index (κ1) is 15.5. The van der Waals surface area contributed by atoms with Crippen molar-refractivity contribution in [3.05, 3.63) is 34.9 Å². The number of likely N-dealkylation sites (N-methyl/N-ethyl adjacent to an activating group) is 1. The number of rotatable bonds is 5. The van der Waals surface area contributed by atoms with Gasteiger partial charge in [-0.05, 0) is 31.2 Å². The fourth-order valence-corrected chi connectivity index (χ4v) is 2.84. The van der Waals surface area contributed by atoms with Gasteiger partial charge in [-0.1, -0.05) is 30.7 Å². The van der Waals surface area contributed by atoms with Crippen molar-refractivity contribution in [2.45, 2.75) is 19.8 Å². The molecule has 0 bridgehead atoms. The zero-order valence-electron chi connectivity index (χ0n) is 12.3. The summed E-state index contributed by atoms with van der Waals surface area (Å²) in [6, 6.07) is 7.66. The summed E-state index contributed by atoms with van der Waals surface area (Å²) >= 11 is 5.92. The number of Topliss-reactive ketones (excluding diaryl/α,β-unsaturated/α-hetero) is 1. The number of piperazine rings is 1. The van der Waals surface area contributed by atoms with Gasteiger partial charge in [0.2, 0.25) is 0 Å². The van der Waals surface area contributed by atoms with Crippen LogP contribution in [0.3, 0.4) is 0 Å². The molecule has 1 aromatic carbocycles. The maximum atomic E-state index is 12.0. The second-order valence-corrected chi connectivity index (χ2v) is 5.89. The van der Waals surface area contributed by atoms with E-state index in [1.807, 2.05) is 24.3 Å². The molecule has 0 aromatic heterocycles. The summed E-state index contributed by atoms with van der Waals surface area (Å²) in [5.74, 6) is 0.186. The second kappa shape index (κ2) is 7.21. The molecule has 1 fully saturated rings. The lowest BCUT2D eigenvalue weighted by Crippen LogP contribution is -2.47. The number of carbonyl (C=O) groups excluding carboxylic acids is 1. The minimum Gasteiger partial charge on any atom is -0.301 e. The van der Waals surface area contributed by atoms with Crippen molar-refractivity contribution >= 4 is 17.4 Å². The molecule has 2 rings (SSSR count). The van der Waals surface area contributed by atoms with E-state index in [0.29, 0.717) is 5.02 Å². The van der Waals surface area contributed by atoms with Crippen LogP contribution in [0.4, 0.5) is 0 Å². The first-order valence-electron chi connectivity index (χ1n) is 7.30. The van der Waals surface area contributed by atoms with Crippen molar-refractivity contribution in [3.8, 4) is 0 Å². The smallest absolute Gasteiger partial charge is 0.138 e. The zero-order chi connectivity index (χ0) is 14.5. The van der Waals surface area contributed by atoms with Crippen LogP contribution in [0.25, 0.3) is 0 Å². The van der Waals surface area contributed by atoms with Crippen molar-refractivity contribution in [2.75, 3.05) is 39.3 Å². The van der Waals surface area contributed by atoms with Crippen LogP contribution < -0.4 is 0 Å². The predicted octanol–water partition coefficient (Wildman–Crippen LogP) is 2.65. The number of nitrogens with zero attached hydrogens (tertiary/aromatic N) is 2. The van der Waals surface area contributed by atoms with E-state index >= 15 is 0 Å². The molecule has 0 spiro atoms. The summed E-state index contributed by atoms with van der Waals surface area (Å²) in [7, 11) is 0. The van der Waals surface area contributed by atoms with E-state index in [2.05, 4.69) is 16.7 Å². The molecule has 1 aliphatic rings. The largest absolute Gasteiger partial charge is 0.301 e. The summed E-state index contributed by atoms with van der Waals surface area (Å²) < 4.78 is 0. The van der Waals surface area contributed by atoms with Crippen molar-refractivity contribution in [1.29, 1.82) is 0 Å². The van der Waals surface area contributed by atoms with Gasteiger partial charge < -0.3 is 4.90 Å². The molecular formula is C16H23ClN2O. The van der Waals surface area contributed by atoms with Gasteiger partial charge in [-0.2, -0.15) is 0 Å². The molecule has 1 heterocycles. The lowest BCUT2D eigenvalue weighted by molar-refractivity contribution is -0.119. The van der Waals surface area contributed by atoms with Crippen molar-refractivity contribution in [1.82, 2.24) is 9.80 Å². The number of hydrogen-bond donors (Lipinski definition) is 0. The van der Waals surface area contributed by atoms with Crippen molar-refractivity contribution in [3.63, 3.8) is 0 Å². The number of hydrogen-bond acceptors (Lipinski definition) is 3. The van der Waals surface area contributed by atoms with Gasteiger partial charge in [0, 0.05) is 37.7 Å². The van der Waals surface area contributed by atoms with Crippen LogP contribution >= 0.6 is 11.6 Å². The van der Waals surface area contributed by atoms with E-state index in [1.54, 1.807) is 6.92 Å². The third-order valence-electron chi connectivity index (χ3n) is 4.12. The highest BCUT2D eigenvalue weighted by molar-refractivity contribution is 6.30. The summed E-state index contributed by atoms with van der Waals surface area (Å²) in [5.41, 5.74) is 1.07. The average molecular weight is 295 g/mol. The van der Waals surface area contributed by atoms with Gasteiger partial charge in [-0.25, -0.2) is 0 Å². The van der Waals surface area contributed by atoms with Gasteiger partial charge in [-0.3, -0.25) is 9.69 Å². The quantitative estimate of drug-likeness (QED) is 0.834. The second-order valence-electron chi connectivity index (χ2n) is 5.45. The van der Waals surface area contributed by atoms with Crippen molar-refractivity contribution in [2.24, 2.45) is 0 Å². The summed E-state index contributed by atoms with van der Waals surface area (Å²) in [5, 5.41) is 0.715. The number of ketones is 1. The Morgan fingerprint density at radius 3 is 2.20 bits per heavy atom. The first-order valence-corrected chi connectivity index (χ1v) is 7.68. The Balaban J connectivity index is 2.00. The van der Waals surface area contributed by atoms with E-state index in [-0.39, 0.29) is 11.7 Å². The Kier molecular flexibility index (Phi) is 5.58.